The molecule has 21 nitrogen and oxygen atoms in total. The van der Waals surface area contributed by atoms with Gasteiger partial charge in [-0.3, -0.25) is 9.59 Å². The maximum Gasteiger partial charge on any atom is 0.306 e. The normalized spacial score (nSPS) is 38.1. The maximum absolute atomic E-state index is 13.5. The summed E-state index contributed by atoms with van der Waals surface area (Å²) in [6, 6.07) is 0. The lowest BCUT2D eigenvalue weighted by Gasteiger charge is -2.50. The maximum atomic E-state index is 13.5. The van der Waals surface area contributed by atoms with E-state index in [9.17, 15) is 60.3 Å². The lowest BCUT2D eigenvalue weighted by atomic mass is 9.80. The van der Waals surface area contributed by atoms with E-state index in [1.165, 1.54) is 20.3 Å². The number of ketones is 1. The molecule has 1 unspecified atom stereocenters. The molecule has 414 valence electrons. The van der Waals surface area contributed by atoms with Gasteiger partial charge in [-0.15, -0.1) is 0 Å². The first-order chi connectivity index (χ1) is 33.8. The van der Waals surface area contributed by atoms with Gasteiger partial charge in [0.25, 0.3) is 0 Å². The molecule has 0 amide bonds. The van der Waals surface area contributed by atoms with Gasteiger partial charge in [0.15, 0.2) is 37.2 Å². The van der Waals surface area contributed by atoms with Crippen LogP contribution in [0.25, 0.3) is 0 Å². The molecule has 9 N–H and O–H groups in total. The molecule has 0 aromatic heterocycles. The highest BCUT2D eigenvalue weighted by Gasteiger charge is 2.57. The summed E-state index contributed by atoms with van der Waals surface area (Å²) in [5.41, 5.74) is 0. The zero-order valence-corrected chi connectivity index (χ0v) is 42.7. The molecule has 0 aromatic carbocycles. The van der Waals surface area contributed by atoms with E-state index in [0.29, 0.717) is 25.7 Å². The average molecular weight is 1030 g/mol. The van der Waals surface area contributed by atoms with Crippen LogP contribution in [0.4, 0.5) is 0 Å². The molecule has 4 rings (SSSR count). The van der Waals surface area contributed by atoms with Crippen molar-refractivity contribution in [2.75, 3.05) is 13.2 Å². The van der Waals surface area contributed by atoms with E-state index < -0.39 is 148 Å². The third kappa shape index (κ3) is 18.3. The third-order valence-electron chi connectivity index (χ3n) is 14.1. The van der Waals surface area contributed by atoms with Gasteiger partial charge in [-0.05, 0) is 52.9 Å². The Bertz CT molecular complexity index is 1540. The van der Waals surface area contributed by atoms with E-state index in [1.807, 2.05) is 0 Å². The van der Waals surface area contributed by atoms with Crippen molar-refractivity contribution in [1.29, 1.82) is 0 Å². The minimum Gasteiger partial charge on any atom is -0.456 e. The average Bonchev–Trinajstić information content (AvgIpc) is 3.32. The Morgan fingerprint density at radius 2 is 1.10 bits per heavy atom. The fourth-order valence-electron chi connectivity index (χ4n) is 9.81. The minimum atomic E-state index is -1.90. The molecular weight excluding hydrogens is 937 g/mol. The molecular formula is C50H88O21. The van der Waals surface area contributed by atoms with Crippen molar-refractivity contribution in [3.8, 4) is 0 Å². The minimum absolute atomic E-state index is 0.0169. The molecule has 4 fully saturated rings. The molecule has 0 aromatic rings. The number of hydrogen-bond donors (Lipinski definition) is 9. The van der Waals surface area contributed by atoms with Crippen LogP contribution >= 0.6 is 0 Å². The second kappa shape index (κ2) is 31.1. The van der Waals surface area contributed by atoms with E-state index in [2.05, 4.69) is 6.92 Å². The Hall–Kier alpha value is -2.03. The Morgan fingerprint density at radius 3 is 1.66 bits per heavy atom. The largest absolute Gasteiger partial charge is 0.456 e. The Morgan fingerprint density at radius 1 is 0.549 bits per heavy atom. The predicted octanol–water partition coefficient (Wildman–Crippen LogP) is 1.75. The summed E-state index contributed by atoms with van der Waals surface area (Å²) in [7, 11) is 0. The first-order valence-electron chi connectivity index (χ1n) is 26.3. The van der Waals surface area contributed by atoms with Crippen LogP contribution in [-0.2, 0) is 57.0 Å². The topological polar surface area (TPSA) is 316 Å². The Labute approximate surface area is 418 Å². The molecule has 3 aliphatic heterocycles. The fraction of sp³-hybridized carbons (Fsp3) is 0.940. The lowest BCUT2D eigenvalue weighted by Crippen LogP contribution is -2.67. The van der Waals surface area contributed by atoms with Gasteiger partial charge in [-0.2, -0.15) is 0 Å². The first kappa shape index (κ1) is 61.5. The van der Waals surface area contributed by atoms with Gasteiger partial charge in [0.2, 0.25) is 0 Å². The summed E-state index contributed by atoms with van der Waals surface area (Å²) in [5, 5.41) is 98.2. The number of aliphatic hydroxyl groups is 9. The number of esters is 2. The van der Waals surface area contributed by atoms with E-state index in [1.54, 1.807) is 13.8 Å². The molecule has 1 saturated carbocycles. The van der Waals surface area contributed by atoms with Crippen molar-refractivity contribution in [2.24, 2.45) is 5.92 Å². The van der Waals surface area contributed by atoms with E-state index in [0.717, 1.165) is 77.6 Å². The van der Waals surface area contributed by atoms with Gasteiger partial charge in [-0.1, -0.05) is 84.5 Å². The number of ether oxygens (including phenoxy) is 9. The summed E-state index contributed by atoms with van der Waals surface area (Å²) >= 11 is 0. The third-order valence-corrected chi connectivity index (χ3v) is 14.1. The number of carbonyl (C=O) groups is 3. The number of unbranched alkanes of at least 4 members (excludes halogenated alkanes) is 10. The van der Waals surface area contributed by atoms with Crippen molar-refractivity contribution in [1.82, 2.24) is 0 Å². The number of aliphatic hydroxyl groups excluding tert-OH is 9. The van der Waals surface area contributed by atoms with Crippen LogP contribution in [0.15, 0.2) is 0 Å². The molecule has 21 atom stereocenters. The molecule has 21 heteroatoms. The molecule has 0 bridgehead atoms. The van der Waals surface area contributed by atoms with Crippen LogP contribution in [0.5, 0.6) is 0 Å². The SMILES string of the molecule is CCCCCCCCCC(CCCCCCCC(C)=O)O[C@@H]1C[C@H](CO)[C@@H](O)[C@H](O)[C@H]1O[C@@H]1O[C@H](CO[C@@H]2O[C@H](C)[C@H](O)[C@H](O)[C@@H]2O)[C@@H](OC(C)=O)[C@H](OC(=O)CCC)[C@H]1O[C@@H]1O[C@@H](C)[C@H](O)[C@@H](O)[C@@H]1O. The van der Waals surface area contributed by atoms with Crippen LogP contribution in [0.3, 0.4) is 0 Å². The van der Waals surface area contributed by atoms with Gasteiger partial charge < -0.3 is 93.4 Å². The smallest absolute Gasteiger partial charge is 0.306 e. The highest BCUT2D eigenvalue weighted by molar-refractivity contribution is 5.75. The summed E-state index contributed by atoms with van der Waals surface area (Å²) in [6.45, 7) is 8.30. The molecule has 3 saturated heterocycles. The second-order valence-electron chi connectivity index (χ2n) is 20.1. The second-order valence-corrected chi connectivity index (χ2v) is 20.1. The van der Waals surface area contributed by atoms with Gasteiger partial charge in [0.05, 0.1) is 37.1 Å². The summed E-state index contributed by atoms with van der Waals surface area (Å²) < 4.78 is 55.6. The number of hydrogen-bond acceptors (Lipinski definition) is 21. The summed E-state index contributed by atoms with van der Waals surface area (Å²) in [6.07, 6.45) is -16.1. The van der Waals surface area contributed by atoms with Gasteiger partial charge in [0, 0.05) is 32.3 Å². The molecule has 1 aliphatic carbocycles. The van der Waals surface area contributed by atoms with Gasteiger partial charge in [-0.25, -0.2) is 0 Å². The van der Waals surface area contributed by atoms with Crippen LogP contribution in [0, 0.1) is 5.92 Å². The first-order valence-corrected chi connectivity index (χ1v) is 26.3. The Balaban J connectivity index is 1.74. The molecule has 4 aliphatic rings. The van der Waals surface area contributed by atoms with E-state index in [4.69, 9.17) is 42.6 Å². The molecule has 71 heavy (non-hydrogen) atoms. The molecule has 0 radical (unpaired) electrons. The van der Waals surface area contributed by atoms with Crippen molar-refractivity contribution < 1.29 is 103 Å². The summed E-state index contributed by atoms with van der Waals surface area (Å²) in [5.74, 6) is -2.35. The fourth-order valence-corrected chi connectivity index (χ4v) is 9.81. The zero-order chi connectivity index (χ0) is 52.4. The molecule has 3 heterocycles. The number of carbonyl (C=O) groups excluding carboxylic acids is 3. The monoisotopic (exact) mass is 1020 g/mol. The van der Waals surface area contributed by atoms with Crippen molar-refractivity contribution in [3.05, 3.63) is 0 Å². The number of Topliss-reactive ketones (excluding diaryl/α,β-unsaturated/α-hetero) is 1. The van der Waals surface area contributed by atoms with Crippen LogP contribution in [-0.4, -0.2) is 200 Å². The predicted molar refractivity (Wildman–Crippen MR) is 251 cm³/mol. The van der Waals surface area contributed by atoms with E-state index >= 15 is 0 Å². The summed E-state index contributed by atoms with van der Waals surface area (Å²) in [4.78, 5) is 37.9. The van der Waals surface area contributed by atoms with Gasteiger partial charge in [0.1, 0.15) is 60.7 Å². The zero-order valence-electron chi connectivity index (χ0n) is 42.7. The Kier molecular flexibility index (Phi) is 27.0. The highest BCUT2D eigenvalue weighted by Crippen LogP contribution is 2.38. The number of rotatable bonds is 30. The van der Waals surface area contributed by atoms with Crippen molar-refractivity contribution in [3.63, 3.8) is 0 Å². The van der Waals surface area contributed by atoms with Crippen molar-refractivity contribution >= 4 is 17.7 Å². The van der Waals surface area contributed by atoms with Crippen LogP contribution in [0.1, 0.15) is 157 Å². The quantitative estimate of drug-likeness (QED) is 0.0366. The standard InChI is InChI=1S/C50H88O21/c1-7-9-10-11-12-15-18-22-32(23-19-16-13-14-17-21-27(3)52)67-33-24-31(25-51)38(57)41(60)44(33)70-50-47(71-49-43(62)40(59)37(56)29(5)65-49)46(69-35(54)20-8-2)45(66-30(6)53)34(68-50)26-63-48-42(61)39(58)36(55)28(4)64-48/h28-29,31-34,36-51,55-62H,7-26H2,1-6H3/t28-,29+,31-,32?,33-,34-,36+,37+,38-,39+,40-,41+,42+,43+,44+,45-,46+,47-,48-,49+,50+/m1/s1. The molecule has 0 spiro atoms. The lowest BCUT2D eigenvalue weighted by molar-refractivity contribution is -0.383. The van der Waals surface area contributed by atoms with Crippen LogP contribution in [0.2, 0.25) is 0 Å². The van der Waals surface area contributed by atoms with Gasteiger partial charge >= 0.3 is 11.9 Å². The highest BCUT2D eigenvalue weighted by atomic mass is 16.8. The van der Waals surface area contributed by atoms with Crippen LogP contribution < -0.4 is 0 Å². The van der Waals surface area contributed by atoms with Crippen molar-refractivity contribution in [2.45, 2.75) is 280 Å². The van der Waals surface area contributed by atoms with E-state index in [-0.39, 0.29) is 24.7 Å².